The van der Waals surface area contributed by atoms with Gasteiger partial charge in [-0.1, -0.05) is 0 Å². The average molecular weight is 234 g/mol. The van der Waals surface area contributed by atoms with Crippen LogP contribution in [0.4, 0.5) is 0 Å². The second-order valence-corrected chi connectivity index (χ2v) is 3.73. The molecule has 88 valence electrons. The maximum absolute atomic E-state index is 11.5. The van der Waals surface area contributed by atoms with E-state index in [1.807, 2.05) is 0 Å². The fraction of sp³-hybridized carbons (Fsp3) is 0.167. The number of aryl methyl sites for hydroxylation is 1. The first-order chi connectivity index (χ1) is 7.93. The molecule has 1 aromatic carbocycles. The van der Waals surface area contributed by atoms with Crippen molar-refractivity contribution in [3.63, 3.8) is 0 Å². The van der Waals surface area contributed by atoms with E-state index in [2.05, 4.69) is 0 Å². The fourth-order valence-electron chi connectivity index (χ4n) is 1.91. The number of carbonyl (C=O) groups is 2. The molecule has 0 aliphatic rings. The van der Waals surface area contributed by atoms with Gasteiger partial charge in [-0.15, -0.1) is 0 Å². The molecule has 0 amide bonds. The Balaban J connectivity index is 3.00. The van der Waals surface area contributed by atoms with E-state index in [0.717, 1.165) is 0 Å². The third kappa shape index (κ3) is 1.56. The second kappa shape index (κ2) is 3.62. The molecule has 2 aromatic rings. The standard InChI is InChI=1S/C12H10O5/c1-5(13)9-7(14)3-4-8-11(9)10(12(15)16)6(2)17-8/h3-4,14H,1-2H3,(H,15,16). The predicted molar refractivity (Wildman–Crippen MR) is 59.6 cm³/mol. The summed E-state index contributed by atoms with van der Waals surface area (Å²) in [6.45, 7) is 2.77. The van der Waals surface area contributed by atoms with Crippen molar-refractivity contribution in [2.45, 2.75) is 13.8 Å². The monoisotopic (exact) mass is 234 g/mol. The summed E-state index contributed by atoms with van der Waals surface area (Å²) in [4.78, 5) is 22.6. The van der Waals surface area contributed by atoms with Gasteiger partial charge >= 0.3 is 5.97 Å². The summed E-state index contributed by atoms with van der Waals surface area (Å²) in [6, 6.07) is 2.75. The van der Waals surface area contributed by atoms with Gasteiger partial charge in [0.2, 0.25) is 0 Å². The summed E-state index contributed by atoms with van der Waals surface area (Å²) in [5.41, 5.74) is 0.181. The van der Waals surface area contributed by atoms with Gasteiger partial charge in [0.15, 0.2) is 5.78 Å². The van der Waals surface area contributed by atoms with E-state index in [1.165, 1.54) is 26.0 Å². The quantitative estimate of drug-likeness (QED) is 0.778. The number of phenolic OH excluding ortho intramolecular Hbond substituents is 1. The van der Waals surface area contributed by atoms with Gasteiger partial charge in [-0.25, -0.2) is 4.79 Å². The maximum Gasteiger partial charge on any atom is 0.339 e. The molecule has 2 N–H and O–H groups in total. The van der Waals surface area contributed by atoms with E-state index in [1.54, 1.807) is 0 Å². The van der Waals surface area contributed by atoms with Crippen LogP contribution in [-0.2, 0) is 0 Å². The smallest absolute Gasteiger partial charge is 0.339 e. The normalized spacial score (nSPS) is 10.7. The van der Waals surface area contributed by atoms with Crippen LogP contribution < -0.4 is 0 Å². The molecule has 0 aliphatic heterocycles. The number of hydrogen-bond acceptors (Lipinski definition) is 4. The SMILES string of the molecule is CC(=O)c1c(O)ccc2oc(C)c(C(=O)O)c12. The number of aromatic carboxylic acids is 1. The predicted octanol–water partition coefficient (Wildman–Crippen LogP) is 2.35. The van der Waals surface area contributed by atoms with Crippen molar-refractivity contribution in [2.75, 3.05) is 0 Å². The van der Waals surface area contributed by atoms with Crippen molar-refractivity contribution in [1.29, 1.82) is 0 Å². The molecule has 0 radical (unpaired) electrons. The molecule has 0 saturated heterocycles. The molecule has 0 unspecified atom stereocenters. The van der Waals surface area contributed by atoms with E-state index in [-0.39, 0.29) is 33.6 Å². The number of benzene rings is 1. The van der Waals surface area contributed by atoms with Gasteiger partial charge in [0.1, 0.15) is 22.7 Å². The molecule has 5 heteroatoms. The summed E-state index contributed by atoms with van der Waals surface area (Å²) >= 11 is 0. The number of carbonyl (C=O) groups excluding carboxylic acids is 1. The van der Waals surface area contributed by atoms with Gasteiger partial charge in [0.25, 0.3) is 0 Å². The zero-order valence-electron chi connectivity index (χ0n) is 9.27. The molecule has 2 rings (SSSR count). The Bertz CT molecular complexity index is 636. The van der Waals surface area contributed by atoms with Crippen LogP contribution in [0.3, 0.4) is 0 Å². The Labute approximate surface area is 96.3 Å². The number of aromatic hydroxyl groups is 1. The van der Waals surface area contributed by atoms with Crippen molar-refractivity contribution in [3.05, 3.63) is 29.0 Å². The van der Waals surface area contributed by atoms with E-state index in [4.69, 9.17) is 9.52 Å². The lowest BCUT2D eigenvalue weighted by Crippen LogP contribution is -2.01. The molecular weight excluding hydrogens is 224 g/mol. The topological polar surface area (TPSA) is 87.7 Å². The maximum atomic E-state index is 11.5. The van der Waals surface area contributed by atoms with Crippen molar-refractivity contribution in [1.82, 2.24) is 0 Å². The van der Waals surface area contributed by atoms with Crippen LogP contribution in [-0.4, -0.2) is 22.0 Å². The van der Waals surface area contributed by atoms with Crippen LogP contribution in [0.1, 0.15) is 33.4 Å². The molecule has 0 aliphatic carbocycles. The summed E-state index contributed by atoms with van der Waals surface area (Å²) in [7, 11) is 0. The number of carboxylic acids is 1. The zero-order valence-corrected chi connectivity index (χ0v) is 9.27. The Kier molecular flexibility index (Phi) is 2.38. The van der Waals surface area contributed by atoms with Crippen molar-refractivity contribution in [3.8, 4) is 5.75 Å². The highest BCUT2D eigenvalue weighted by Crippen LogP contribution is 2.33. The van der Waals surface area contributed by atoms with Gasteiger partial charge < -0.3 is 14.6 Å². The van der Waals surface area contributed by atoms with Crippen molar-refractivity contribution < 1.29 is 24.2 Å². The van der Waals surface area contributed by atoms with Crippen molar-refractivity contribution >= 4 is 22.7 Å². The minimum atomic E-state index is -1.19. The molecule has 0 fully saturated rings. The highest BCUT2D eigenvalue weighted by molar-refractivity contribution is 6.15. The van der Waals surface area contributed by atoms with Crippen LogP contribution in [0, 0.1) is 6.92 Å². The number of furan rings is 1. The number of phenols is 1. The van der Waals surface area contributed by atoms with Crippen LogP contribution in [0.5, 0.6) is 5.75 Å². The number of fused-ring (bicyclic) bond motifs is 1. The Hall–Kier alpha value is -2.30. The van der Waals surface area contributed by atoms with Gasteiger partial charge in [0.05, 0.1) is 5.56 Å². The van der Waals surface area contributed by atoms with Crippen LogP contribution in [0.25, 0.3) is 11.0 Å². The highest BCUT2D eigenvalue weighted by Gasteiger charge is 2.23. The summed E-state index contributed by atoms with van der Waals surface area (Å²) < 4.78 is 5.26. The van der Waals surface area contributed by atoms with Gasteiger partial charge in [0, 0.05) is 5.39 Å². The van der Waals surface area contributed by atoms with Crippen LogP contribution in [0.2, 0.25) is 0 Å². The lowest BCUT2D eigenvalue weighted by atomic mass is 10.0. The lowest BCUT2D eigenvalue weighted by Gasteiger charge is -2.02. The van der Waals surface area contributed by atoms with Crippen LogP contribution in [0.15, 0.2) is 16.5 Å². The molecule has 0 saturated carbocycles. The molecule has 0 spiro atoms. The number of Topliss-reactive ketones (excluding diaryl/α,β-unsaturated/α-hetero) is 1. The number of rotatable bonds is 2. The molecule has 5 nitrogen and oxygen atoms in total. The number of ketones is 1. The summed E-state index contributed by atoms with van der Waals surface area (Å²) in [5.74, 6) is -1.63. The van der Waals surface area contributed by atoms with Crippen molar-refractivity contribution in [2.24, 2.45) is 0 Å². The minimum absolute atomic E-state index is 0.0169. The van der Waals surface area contributed by atoms with Gasteiger partial charge in [-0.3, -0.25) is 4.79 Å². The number of hydrogen-bond donors (Lipinski definition) is 2. The molecule has 0 bridgehead atoms. The average Bonchev–Trinajstić information content (AvgIpc) is 2.53. The minimum Gasteiger partial charge on any atom is -0.507 e. The fourth-order valence-corrected chi connectivity index (χ4v) is 1.91. The Morgan fingerprint density at radius 2 is 1.88 bits per heavy atom. The first-order valence-electron chi connectivity index (χ1n) is 4.92. The van der Waals surface area contributed by atoms with E-state index < -0.39 is 11.8 Å². The largest absolute Gasteiger partial charge is 0.507 e. The van der Waals surface area contributed by atoms with E-state index in [0.29, 0.717) is 0 Å². The summed E-state index contributed by atoms with van der Waals surface area (Å²) in [5, 5.41) is 18.9. The van der Waals surface area contributed by atoms with Gasteiger partial charge in [-0.2, -0.15) is 0 Å². The Morgan fingerprint density at radius 3 is 2.41 bits per heavy atom. The van der Waals surface area contributed by atoms with Crippen LogP contribution >= 0.6 is 0 Å². The lowest BCUT2D eigenvalue weighted by molar-refractivity contribution is 0.0697. The Morgan fingerprint density at radius 1 is 1.24 bits per heavy atom. The van der Waals surface area contributed by atoms with E-state index >= 15 is 0 Å². The molecule has 1 aromatic heterocycles. The second-order valence-electron chi connectivity index (χ2n) is 3.73. The molecular formula is C12H10O5. The zero-order chi connectivity index (χ0) is 12.7. The first-order valence-corrected chi connectivity index (χ1v) is 4.92. The highest BCUT2D eigenvalue weighted by atomic mass is 16.4. The van der Waals surface area contributed by atoms with E-state index in [9.17, 15) is 14.7 Å². The third-order valence-electron chi connectivity index (χ3n) is 2.58. The first kappa shape index (κ1) is 11.2. The third-order valence-corrected chi connectivity index (χ3v) is 2.58. The number of carboxylic acid groups (broad SMARTS) is 1. The molecule has 1 heterocycles. The van der Waals surface area contributed by atoms with Gasteiger partial charge in [-0.05, 0) is 26.0 Å². The molecule has 17 heavy (non-hydrogen) atoms. The molecule has 0 atom stereocenters. The summed E-state index contributed by atoms with van der Waals surface area (Å²) in [6.07, 6.45) is 0.